The van der Waals surface area contributed by atoms with Crippen LogP contribution in [0.15, 0.2) is 45.9 Å². The fourth-order valence-electron chi connectivity index (χ4n) is 3.11. The molecule has 0 aliphatic carbocycles. The van der Waals surface area contributed by atoms with Crippen molar-refractivity contribution in [2.24, 2.45) is 0 Å². The standard InChI is InChI=1S/C20H24FN3O6S/c1-14-12-16(5-6-17(14)21)31(27,28)24-9-3-11-30-18(24)13-23-20(26)19(25)22-8-7-15-4-2-10-29-15/h2,4-6,10,12,18H,3,7-9,11,13H2,1H3,(H,22,25)(H,23,26)/t18-/m0/s1. The number of carbonyl (C=O) groups is 2. The number of nitrogens with one attached hydrogen (secondary N) is 2. The van der Waals surface area contributed by atoms with E-state index < -0.39 is 33.9 Å². The second kappa shape index (κ2) is 10.0. The maximum absolute atomic E-state index is 13.5. The van der Waals surface area contributed by atoms with Gasteiger partial charge in [0.1, 0.15) is 17.8 Å². The number of nitrogens with zero attached hydrogens (tertiary/aromatic N) is 1. The monoisotopic (exact) mass is 453 g/mol. The Kier molecular flexibility index (Phi) is 7.42. The van der Waals surface area contributed by atoms with E-state index in [0.717, 1.165) is 10.4 Å². The van der Waals surface area contributed by atoms with E-state index in [2.05, 4.69) is 10.6 Å². The van der Waals surface area contributed by atoms with Crippen LogP contribution in [-0.4, -0.2) is 57.0 Å². The smallest absolute Gasteiger partial charge is 0.309 e. The number of aryl methyl sites for hydroxylation is 1. The first kappa shape index (κ1) is 22.9. The summed E-state index contributed by atoms with van der Waals surface area (Å²) >= 11 is 0. The van der Waals surface area contributed by atoms with Crippen LogP contribution in [0.5, 0.6) is 0 Å². The van der Waals surface area contributed by atoms with Crippen molar-refractivity contribution in [3.8, 4) is 0 Å². The minimum Gasteiger partial charge on any atom is -0.469 e. The van der Waals surface area contributed by atoms with Crippen molar-refractivity contribution in [3.05, 3.63) is 53.7 Å². The van der Waals surface area contributed by atoms with Gasteiger partial charge in [-0.3, -0.25) is 9.59 Å². The van der Waals surface area contributed by atoms with Gasteiger partial charge in [-0.15, -0.1) is 0 Å². The molecule has 9 nitrogen and oxygen atoms in total. The summed E-state index contributed by atoms with van der Waals surface area (Å²) in [6.45, 7) is 1.97. The number of amides is 2. The summed E-state index contributed by atoms with van der Waals surface area (Å²) in [6, 6.07) is 7.01. The van der Waals surface area contributed by atoms with Gasteiger partial charge >= 0.3 is 11.8 Å². The maximum Gasteiger partial charge on any atom is 0.309 e. The minimum atomic E-state index is -3.98. The first-order chi connectivity index (χ1) is 14.8. The van der Waals surface area contributed by atoms with Crippen molar-refractivity contribution < 1.29 is 31.6 Å². The molecule has 168 valence electrons. The molecule has 0 saturated carbocycles. The zero-order valence-electron chi connectivity index (χ0n) is 17.0. The number of hydrogen-bond donors (Lipinski definition) is 2. The molecule has 1 atom stereocenters. The van der Waals surface area contributed by atoms with Gasteiger partial charge in [-0.1, -0.05) is 0 Å². The van der Waals surface area contributed by atoms with Crippen LogP contribution in [-0.2, 0) is 30.8 Å². The third kappa shape index (κ3) is 5.69. The Morgan fingerprint density at radius 2 is 2.00 bits per heavy atom. The fraction of sp³-hybridized carbons (Fsp3) is 0.400. The predicted octanol–water partition coefficient (Wildman–Crippen LogP) is 0.939. The third-order valence-corrected chi connectivity index (χ3v) is 6.66. The number of furan rings is 1. The van der Waals surface area contributed by atoms with Gasteiger partial charge in [0.25, 0.3) is 0 Å². The SMILES string of the molecule is Cc1cc(S(=O)(=O)N2CCCO[C@H]2CNC(=O)C(=O)NCCc2ccco2)ccc1F. The van der Waals surface area contributed by atoms with Crippen molar-refractivity contribution in [1.82, 2.24) is 14.9 Å². The van der Waals surface area contributed by atoms with Crippen LogP contribution < -0.4 is 10.6 Å². The van der Waals surface area contributed by atoms with E-state index in [4.69, 9.17) is 9.15 Å². The molecule has 0 radical (unpaired) electrons. The topological polar surface area (TPSA) is 118 Å². The summed E-state index contributed by atoms with van der Waals surface area (Å²) in [5.74, 6) is -1.57. The van der Waals surface area contributed by atoms with E-state index in [1.54, 1.807) is 12.1 Å². The molecule has 1 aromatic carbocycles. The van der Waals surface area contributed by atoms with Crippen LogP contribution in [0.4, 0.5) is 4.39 Å². The van der Waals surface area contributed by atoms with Gasteiger partial charge in [-0.25, -0.2) is 12.8 Å². The van der Waals surface area contributed by atoms with Gasteiger partial charge in [-0.05, 0) is 49.2 Å². The zero-order valence-corrected chi connectivity index (χ0v) is 17.8. The molecule has 3 rings (SSSR count). The van der Waals surface area contributed by atoms with Crippen molar-refractivity contribution >= 4 is 21.8 Å². The lowest BCUT2D eigenvalue weighted by Crippen LogP contribution is -2.53. The van der Waals surface area contributed by atoms with Gasteiger partial charge in [0.15, 0.2) is 0 Å². The molecule has 11 heteroatoms. The molecule has 2 N–H and O–H groups in total. The molecule has 0 bridgehead atoms. The lowest BCUT2D eigenvalue weighted by atomic mass is 10.2. The Morgan fingerprint density at radius 3 is 2.71 bits per heavy atom. The Labute approximate surface area is 179 Å². The highest BCUT2D eigenvalue weighted by Gasteiger charge is 2.35. The molecular formula is C20H24FN3O6S. The van der Waals surface area contributed by atoms with Crippen LogP contribution in [0.3, 0.4) is 0 Å². The molecule has 1 aromatic heterocycles. The van der Waals surface area contributed by atoms with Crippen molar-refractivity contribution in [2.75, 3.05) is 26.2 Å². The summed E-state index contributed by atoms with van der Waals surface area (Å²) in [4.78, 5) is 24.0. The van der Waals surface area contributed by atoms with Crippen molar-refractivity contribution in [1.29, 1.82) is 0 Å². The molecule has 2 aromatic rings. The van der Waals surface area contributed by atoms with Crippen LogP contribution >= 0.6 is 0 Å². The molecule has 0 unspecified atom stereocenters. The largest absolute Gasteiger partial charge is 0.469 e. The van der Waals surface area contributed by atoms with Crippen molar-refractivity contribution in [2.45, 2.75) is 30.9 Å². The molecule has 1 fully saturated rings. The van der Waals surface area contributed by atoms with E-state index in [-0.39, 0.29) is 30.1 Å². The molecule has 1 aliphatic heterocycles. The lowest BCUT2D eigenvalue weighted by Gasteiger charge is -2.34. The third-order valence-electron chi connectivity index (χ3n) is 4.77. The average molecular weight is 453 g/mol. The zero-order chi connectivity index (χ0) is 22.4. The summed E-state index contributed by atoms with van der Waals surface area (Å²) in [5.41, 5.74) is 0.204. The van der Waals surface area contributed by atoms with Crippen LogP contribution in [0, 0.1) is 12.7 Å². The summed E-state index contributed by atoms with van der Waals surface area (Å²) in [7, 11) is -3.98. The van der Waals surface area contributed by atoms with Gasteiger partial charge in [0.2, 0.25) is 10.0 Å². The molecule has 1 aliphatic rings. The summed E-state index contributed by atoms with van der Waals surface area (Å²) < 4.78 is 51.3. The summed E-state index contributed by atoms with van der Waals surface area (Å²) in [6.07, 6.45) is 1.43. The lowest BCUT2D eigenvalue weighted by molar-refractivity contribution is -0.140. The Hall–Kier alpha value is -2.76. The molecule has 31 heavy (non-hydrogen) atoms. The van der Waals surface area contributed by atoms with Crippen LogP contribution in [0.2, 0.25) is 0 Å². The van der Waals surface area contributed by atoms with Crippen LogP contribution in [0.1, 0.15) is 17.7 Å². The number of hydrogen-bond acceptors (Lipinski definition) is 6. The Balaban J connectivity index is 1.58. The number of sulfonamides is 1. The highest BCUT2D eigenvalue weighted by atomic mass is 32.2. The van der Waals surface area contributed by atoms with Crippen LogP contribution in [0.25, 0.3) is 0 Å². The number of benzene rings is 1. The normalized spacial score (nSPS) is 17.3. The highest BCUT2D eigenvalue weighted by molar-refractivity contribution is 7.89. The van der Waals surface area contributed by atoms with Gasteiger partial charge in [0.05, 0.1) is 24.3 Å². The van der Waals surface area contributed by atoms with E-state index in [9.17, 15) is 22.4 Å². The molecule has 1 saturated heterocycles. The molecule has 0 spiro atoms. The predicted molar refractivity (Wildman–Crippen MR) is 108 cm³/mol. The second-order valence-electron chi connectivity index (χ2n) is 7.00. The molecule has 2 heterocycles. The maximum atomic E-state index is 13.5. The molecule has 2 amide bonds. The quantitative estimate of drug-likeness (QED) is 0.603. The number of ether oxygens (including phenoxy) is 1. The van der Waals surface area contributed by atoms with E-state index in [0.29, 0.717) is 25.2 Å². The molecular weight excluding hydrogens is 429 g/mol. The Bertz CT molecular complexity index is 1030. The van der Waals surface area contributed by atoms with E-state index >= 15 is 0 Å². The van der Waals surface area contributed by atoms with E-state index in [1.165, 1.54) is 25.3 Å². The first-order valence-electron chi connectivity index (χ1n) is 9.77. The number of rotatable bonds is 7. The minimum absolute atomic E-state index is 0.0658. The second-order valence-corrected chi connectivity index (χ2v) is 8.89. The van der Waals surface area contributed by atoms with Crippen molar-refractivity contribution in [3.63, 3.8) is 0 Å². The summed E-state index contributed by atoms with van der Waals surface area (Å²) in [5, 5.41) is 4.87. The van der Waals surface area contributed by atoms with Gasteiger partial charge in [0, 0.05) is 19.5 Å². The average Bonchev–Trinajstić information content (AvgIpc) is 3.27. The highest BCUT2D eigenvalue weighted by Crippen LogP contribution is 2.23. The van der Waals surface area contributed by atoms with E-state index in [1.807, 2.05) is 0 Å². The van der Waals surface area contributed by atoms with Gasteiger partial charge < -0.3 is 19.8 Å². The first-order valence-corrected chi connectivity index (χ1v) is 11.2. The fourth-order valence-corrected chi connectivity index (χ4v) is 4.76. The number of carbonyl (C=O) groups excluding carboxylic acids is 2. The van der Waals surface area contributed by atoms with Gasteiger partial charge in [-0.2, -0.15) is 4.31 Å². The number of halogens is 1. The Morgan fingerprint density at radius 1 is 1.23 bits per heavy atom.